The first-order valence-corrected chi connectivity index (χ1v) is 12.1. The Kier molecular flexibility index (Phi) is 5.97. The Morgan fingerprint density at radius 3 is 2.47 bits per heavy atom. The van der Waals surface area contributed by atoms with Crippen LogP contribution >= 0.6 is 0 Å². The molecule has 1 atom stereocenters. The number of sulfonamides is 1. The van der Waals surface area contributed by atoms with E-state index < -0.39 is 27.2 Å². The van der Waals surface area contributed by atoms with E-state index in [0.29, 0.717) is 23.4 Å². The van der Waals surface area contributed by atoms with Crippen LogP contribution in [0.2, 0.25) is 0 Å². The van der Waals surface area contributed by atoms with E-state index >= 15 is 0 Å². The number of benzene rings is 2. The lowest BCUT2D eigenvalue weighted by atomic mass is 10.1. The molecule has 0 spiro atoms. The first-order chi connectivity index (χ1) is 15.3. The van der Waals surface area contributed by atoms with Crippen molar-refractivity contribution in [1.29, 1.82) is 0 Å². The van der Waals surface area contributed by atoms with E-state index in [9.17, 15) is 17.4 Å². The SMILES string of the molecule is CN1C2=C(N=C(C#CCc3ccccc3)C2)S(=O)(=O)N(Cc2ccc(C(=O)O)cc2)S1=O. The molecule has 0 fully saturated rings. The number of allylic oxidation sites excluding steroid dienone is 1. The maximum Gasteiger partial charge on any atom is 0.335 e. The fourth-order valence-electron chi connectivity index (χ4n) is 3.28. The zero-order valence-corrected chi connectivity index (χ0v) is 18.7. The second kappa shape index (κ2) is 8.70. The molecule has 2 heterocycles. The van der Waals surface area contributed by atoms with E-state index in [1.54, 1.807) is 7.05 Å². The standard InChI is InChI=1S/C22H19N3O5S2/c1-24-20-14-19(9-5-8-16-6-3-2-4-7-16)23-21(20)32(29,30)25(31(24)28)15-17-10-12-18(13-11-17)22(26)27/h2-4,6-7,10-13H,8,14-15H2,1H3,(H,26,27). The number of carboxylic acid groups (broad SMARTS) is 1. The first-order valence-electron chi connectivity index (χ1n) is 9.61. The minimum absolute atomic E-state index is 0.0811. The highest BCUT2D eigenvalue weighted by atomic mass is 32.3. The first kappa shape index (κ1) is 22.0. The smallest absolute Gasteiger partial charge is 0.335 e. The van der Waals surface area contributed by atoms with Gasteiger partial charge in [0.15, 0.2) is 5.03 Å². The van der Waals surface area contributed by atoms with Crippen LogP contribution in [0.25, 0.3) is 0 Å². The molecule has 1 N–H and O–H groups in total. The van der Waals surface area contributed by atoms with Gasteiger partial charge in [-0.05, 0) is 23.3 Å². The summed E-state index contributed by atoms with van der Waals surface area (Å²) in [6, 6.07) is 15.4. The van der Waals surface area contributed by atoms with E-state index in [1.165, 1.54) is 28.6 Å². The van der Waals surface area contributed by atoms with Gasteiger partial charge in [-0.2, -0.15) is 0 Å². The van der Waals surface area contributed by atoms with Crippen LogP contribution in [0.4, 0.5) is 0 Å². The quantitative estimate of drug-likeness (QED) is 0.692. The van der Waals surface area contributed by atoms with Gasteiger partial charge in [0, 0.05) is 19.9 Å². The molecule has 0 bridgehead atoms. The third kappa shape index (κ3) is 4.23. The second-order valence-corrected chi connectivity index (χ2v) is 10.6. The monoisotopic (exact) mass is 469 g/mol. The number of carboxylic acids is 1. The summed E-state index contributed by atoms with van der Waals surface area (Å²) in [5.74, 6) is 4.87. The molecule has 0 aliphatic carbocycles. The molecule has 1 unspecified atom stereocenters. The molecule has 0 saturated carbocycles. The Bertz CT molecular complexity index is 1320. The van der Waals surface area contributed by atoms with E-state index in [-0.39, 0.29) is 23.6 Å². The molecule has 0 radical (unpaired) electrons. The maximum atomic E-state index is 13.2. The minimum Gasteiger partial charge on any atom is -0.478 e. The average molecular weight is 470 g/mol. The summed E-state index contributed by atoms with van der Waals surface area (Å²) >= 11 is -1.98. The molecular formula is C22H19N3O5S2. The van der Waals surface area contributed by atoms with E-state index in [0.717, 1.165) is 9.27 Å². The van der Waals surface area contributed by atoms with Gasteiger partial charge in [-0.1, -0.05) is 58.0 Å². The number of rotatable bonds is 4. The molecule has 32 heavy (non-hydrogen) atoms. The van der Waals surface area contributed by atoms with Crippen molar-refractivity contribution in [1.82, 2.24) is 8.02 Å². The highest BCUT2D eigenvalue weighted by molar-refractivity contribution is 8.03. The topological polar surface area (TPSA) is 107 Å². The second-order valence-electron chi connectivity index (χ2n) is 7.15. The molecule has 164 valence electrons. The van der Waals surface area contributed by atoms with Crippen molar-refractivity contribution in [3.63, 3.8) is 0 Å². The fourth-order valence-corrected chi connectivity index (χ4v) is 6.64. The van der Waals surface area contributed by atoms with Crippen LogP contribution < -0.4 is 0 Å². The summed E-state index contributed by atoms with van der Waals surface area (Å²) in [6.45, 7) is -0.180. The van der Waals surface area contributed by atoms with Gasteiger partial charge in [0.1, 0.15) is 0 Å². The Hall–Kier alpha value is -3.26. The van der Waals surface area contributed by atoms with Gasteiger partial charge in [-0.25, -0.2) is 22.4 Å². The van der Waals surface area contributed by atoms with Gasteiger partial charge in [-0.15, -0.1) is 0 Å². The largest absolute Gasteiger partial charge is 0.478 e. The van der Waals surface area contributed by atoms with Crippen molar-refractivity contribution in [2.75, 3.05) is 7.05 Å². The number of hydrogen-bond donors (Lipinski definition) is 1. The normalized spacial score (nSPS) is 19.7. The summed E-state index contributed by atoms with van der Waals surface area (Å²) in [7, 11) is -2.57. The van der Waals surface area contributed by atoms with Crippen molar-refractivity contribution in [2.45, 2.75) is 19.4 Å². The summed E-state index contributed by atoms with van der Waals surface area (Å²) in [5, 5.41) is 8.87. The van der Waals surface area contributed by atoms with Gasteiger partial charge in [-0.3, -0.25) is 4.31 Å². The highest BCUT2D eigenvalue weighted by Crippen LogP contribution is 2.36. The van der Waals surface area contributed by atoms with Gasteiger partial charge in [0.05, 0.1) is 23.5 Å². The number of carbonyl (C=O) groups is 1. The average Bonchev–Trinajstić information content (AvgIpc) is 3.22. The summed E-state index contributed by atoms with van der Waals surface area (Å²) in [5.41, 5.74) is 2.39. The molecule has 0 aromatic heterocycles. The predicted octanol–water partition coefficient (Wildman–Crippen LogP) is 2.30. The lowest BCUT2D eigenvalue weighted by Gasteiger charge is -2.32. The van der Waals surface area contributed by atoms with Crippen LogP contribution in [0.3, 0.4) is 0 Å². The summed E-state index contributed by atoms with van der Waals surface area (Å²) in [6.07, 6.45) is 0.706. The van der Waals surface area contributed by atoms with Crippen LogP contribution in [0.1, 0.15) is 27.9 Å². The van der Waals surface area contributed by atoms with Gasteiger partial charge in [0.2, 0.25) is 11.2 Å². The van der Waals surface area contributed by atoms with E-state index in [2.05, 4.69) is 16.8 Å². The molecule has 2 aliphatic rings. The van der Waals surface area contributed by atoms with E-state index in [4.69, 9.17) is 5.11 Å². The lowest BCUT2D eigenvalue weighted by molar-refractivity contribution is 0.0697. The van der Waals surface area contributed by atoms with Crippen LogP contribution in [0, 0.1) is 11.8 Å². The predicted molar refractivity (Wildman–Crippen MR) is 121 cm³/mol. The Morgan fingerprint density at radius 1 is 1.12 bits per heavy atom. The van der Waals surface area contributed by atoms with Crippen molar-refractivity contribution < 1.29 is 22.5 Å². The maximum absolute atomic E-state index is 13.2. The van der Waals surface area contributed by atoms with Gasteiger partial charge < -0.3 is 5.11 Å². The Morgan fingerprint density at radius 2 is 1.81 bits per heavy atom. The van der Waals surface area contributed by atoms with Gasteiger partial charge >= 0.3 is 5.97 Å². The molecule has 2 aromatic carbocycles. The fraction of sp³-hybridized carbons (Fsp3) is 0.182. The molecule has 2 aliphatic heterocycles. The molecule has 8 nitrogen and oxygen atoms in total. The van der Waals surface area contributed by atoms with Crippen molar-refractivity contribution in [3.8, 4) is 11.8 Å². The van der Waals surface area contributed by atoms with Crippen LogP contribution in [0.15, 0.2) is 70.3 Å². The third-order valence-corrected chi connectivity index (χ3v) is 8.62. The summed E-state index contributed by atoms with van der Waals surface area (Å²) in [4.78, 5) is 15.3. The van der Waals surface area contributed by atoms with Crippen molar-refractivity contribution in [2.24, 2.45) is 4.99 Å². The molecule has 0 amide bonds. The number of aromatic carboxylic acids is 1. The minimum atomic E-state index is -4.12. The van der Waals surface area contributed by atoms with Crippen LogP contribution in [0.5, 0.6) is 0 Å². The summed E-state index contributed by atoms with van der Waals surface area (Å²) < 4.78 is 41.5. The highest BCUT2D eigenvalue weighted by Gasteiger charge is 2.44. The van der Waals surface area contributed by atoms with Crippen LogP contribution in [-0.4, -0.2) is 44.5 Å². The van der Waals surface area contributed by atoms with Crippen molar-refractivity contribution in [3.05, 3.63) is 82.0 Å². The number of nitrogens with zero attached hydrogens (tertiary/aromatic N) is 3. The molecule has 10 heteroatoms. The molecule has 0 saturated heterocycles. The van der Waals surface area contributed by atoms with E-state index in [1.807, 2.05) is 30.3 Å². The Labute approximate surface area is 188 Å². The molecule has 2 aromatic rings. The van der Waals surface area contributed by atoms with Crippen LogP contribution in [-0.2, 0) is 34.2 Å². The third-order valence-electron chi connectivity index (χ3n) is 5.00. The number of aliphatic imine (C=N–C) groups is 1. The zero-order chi connectivity index (χ0) is 22.9. The van der Waals surface area contributed by atoms with Gasteiger partial charge in [0.25, 0.3) is 10.0 Å². The molecule has 4 rings (SSSR count). The number of hydrogen-bond acceptors (Lipinski definition) is 5. The zero-order valence-electron chi connectivity index (χ0n) is 17.1. The lowest BCUT2D eigenvalue weighted by Crippen LogP contribution is -2.44. The Balaban J connectivity index is 1.57. The van der Waals surface area contributed by atoms with Crippen molar-refractivity contribution >= 4 is 32.9 Å². The molecular weight excluding hydrogens is 450 g/mol.